The molecule has 0 aliphatic heterocycles. The molecule has 0 amide bonds. The molecule has 0 aromatic carbocycles. The Morgan fingerprint density at radius 1 is 0.280 bits per heavy atom. The zero-order chi connectivity index (χ0) is 54.3. The Balaban J connectivity index is 4.18. The van der Waals surface area contributed by atoms with Gasteiger partial charge < -0.3 is 14.2 Å². The summed E-state index contributed by atoms with van der Waals surface area (Å²) in [4.78, 5) is 38.0. The minimum absolute atomic E-state index is 0.104. The Morgan fingerprint density at radius 2 is 0.533 bits per heavy atom. The monoisotopic (exact) mass is 1030 g/mol. The van der Waals surface area contributed by atoms with Crippen molar-refractivity contribution in [2.45, 2.75) is 258 Å². The third-order valence-corrected chi connectivity index (χ3v) is 12.3. The predicted octanol–water partition coefficient (Wildman–Crippen LogP) is 20.8. The van der Waals surface area contributed by atoms with Crippen LogP contribution in [0.15, 0.2) is 146 Å². The van der Waals surface area contributed by atoms with Crippen molar-refractivity contribution in [1.29, 1.82) is 0 Å². The first-order valence-corrected chi connectivity index (χ1v) is 30.3. The van der Waals surface area contributed by atoms with Crippen LogP contribution < -0.4 is 0 Å². The number of rotatable bonds is 53. The number of ether oxygens (including phenoxy) is 3. The highest BCUT2D eigenvalue weighted by Gasteiger charge is 2.19. The number of carbonyl (C=O) groups is 3. The van der Waals surface area contributed by atoms with Gasteiger partial charge in [0, 0.05) is 19.3 Å². The summed E-state index contributed by atoms with van der Waals surface area (Å²) in [5.41, 5.74) is 0. The maximum atomic E-state index is 12.8. The number of allylic oxidation sites excluding steroid dienone is 24. The zero-order valence-corrected chi connectivity index (χ0v) is 48.3. The van der Waals surface area contributed by atoms with E-state index in [0.717, 1.165) is 122 Å². The molecule has 1 unspecified atom stereocenters. The lowest BCUT2D eigenvalue weighted by atomic mass is 10.0. The van der Waals surface area contributed by atoms with Gasteiger partial charge >= 0.3 is 17.9 Å². The molecule has 0 aliphatic carbocycles. The number of hydrogen-bond donors (Lipinski definition) is 0. The van der Waals surface area contributed by atoms with E-state index in [0.29, 0.717) is 19.3 Å². The van der Waals surface area contributed by atoms with E-state index in [-0.39, 0.29) is 37.5 Å². The van der Waals surface area contributed by atoms with Crippen LogP contribution in [0.5, 0.6) is 0 Å². The molecule has 0 N–H and O–H groups in total. The number of esters is 3. The highest BCUT2D eigenvalue weighted by Crippen LogP contribution is 2.14. The number of unbranched alkanes of at least 4 members (excludes halogenated alkanes) is 18. The number of hydrogen-bond acceptors (Lipinski definition) is 6. The Bertz CT molecular complexity index is 1660. The van der Waals surface area contributed by atoms with Crippen LogP contribution in [0.3, 0.4) is 0 Å². The largest absolute Gasteiger partial charge is 0.462 e. The molecule has 0 radical (unpaired) electrons. The minimum Gasteiger partial charge on any atom is -0.462 e. The molecule has 6 heteroatoms. The second-order valence-electron chi connectivity index (χ2n) is 19.5. The van der Waals surface area contributed by atoms with E-state index in [9.17, 15) is 14.4 Å². The first-order chi connectivity index (χ1) is 37.0. The van der Waals surface area contributed by atoms with Crippen LogP contribution in [0.2, 0.25) is 0 Å². The van der Waals surface area contributed by atoms with Crippen molar-refractivity contribution in [2.75, 3.05) is 13.2 Å². The number of carbonyl (C=O) groups excluding carboxylic acids is 3. The molecule has 75 heavy (non-hydrogen) atoms. The molecule has 0 aliphatic rings. The quantitative estimate of drug-likeness (QED) is 0.0261. The average molecular weight is 1040 g/mol. The first kappa shape index (κ1) is 70.3. The van der Waals surface area contributed by atoms with Gasteiger partial charge in [0.15, 0.2) is 6.10 Å². The standard InChI is InChI=1S/C69H110O6/c1-4-7-10-13-16-18-20-22-24-26-27-28-29-30-31-32-33-34-35-36-37-38-39-40-41-43-44-46-48-50-53-56-59-62-68(71)74-65-66(64-73-67(70)61-58-55-52-15-12-9-6-3)75-69(72)63-60-57-54-51-49-47-45-42-25-23-21-19-17-14-11-8-5-2/h7-8,10-11,16-19,22-25,27-28,30-31,33-34,36-37,45,47,51,54,66H,4-6,9,12-15,20-21,26,29,32,35,38-44,46,48-50,52-53,55-65H2,1-3H3/b10-7-,11-8-,18-16-,19-17-,24-22-,25-23-,28-27-,31-30-,34-33-,37-36-,47-45-,54-51-. The summed E-state index contributed by atoms with van der Waals surface area (Å²) >= 11 is 0. The molecule has 422 valence electrons. The van der Waals surface area contributed by atoms with Gasteiger partial charge in [0.2, 0.25) is 0 Å². The SMILES string of the molecule is CC/C=C\C/C=C\C/C=C\C/C=C\C/C=C\C/C=C\C/C=C\CCCCCCCCCCCCCC(=O)OCC(COC(=O)CCCCCCCCC)OC(=O)CCC/C=C\C/C=C\C/C=C\C/C=C\C/C=C\CC. The topological polar surface area (TPSA) is 78.9 Å². The van der Waals surface area contributed by atoms with Gasteiger partial charge in [0.25, 0.3) is 0 Å². The normalized spacial score (nSPS) is 13.2. The zero-order valence-electron chi connectivity index (χ0n) is 48.3. The molecule has 0 aromatic heterocycles. The maximum Gasteiger partial charge on any atom is 0.306 e. The summed E-state index contributed by atoms with van der Waals surface area (Å²) in [7, 11) is 0. The van der Waals surface area contributed by atoms with Crippen molar-refractivity contribution < 1.29 is 28.6 Å². The van der Waals surface area contributed by atoms with Crippen LogP contribution in [0.4, 0.5) is 0 Å². The fourth-order valence-electron chi connectivity index (χ4n) is 7.87. The van der Waals surface area contributed by atoms with Crippen LogP contribution in [0, 0.1) is 0 Å². The van der Waals surface area contributed by atoms with Crippen molar-refractivity contribution in [1.82, 2.24) is 0 Å². The first-order valence-electron chi connectivity index (χ1n) is 30.3. The van der Waals surface area contributed by atoms with Crippen LogP contribution in [-0.2, 0) is 28.6 Å². The van der Waals surface area contributed by atoms with Crippen LogP contribution in [-0.4, -0.2) is 37.2 Å². The van der Waals surface area contributed by atoms with Crippen molar-refractivity contribution >= 4 is 17.9 Å². The molecule has 0 spiro atoms. The molecule has 0 bridgehead atoms. The highest BCUT2D eigenvalue weighted by atomic mass is 16.6. The predicted molar refractivity (Wildman–Crippen MR) is 325 cm³/mol. The Hall–Kier alpha value is -4.71. The molecule has 0 fully saturated rings. The maximum absolute atomic E-state index is 12.8. The van der Waals surface area contributed by atoms with Crippen LogP contribution >= 0.6 is 0 Å². The van der Waals surface area contributed by atoms with Gasteiger partial charge in [-0.15, -0.1) is 0 Å². The lowest BCUT2D eigenvalue weighted by molar-refractivity contribution is -0.167. The van der Waals surface area contributed by atoms with E-state index in [2.05, 4.69) is 167 Å². The third kappa shape index (κ3) is 60.0. The molecule has 0 heterocycles. The van der Waals surface area contributed by atoms with E-state index < -0.39 is 6.10 Å². The highest BCUT2D eigenvalue weighted by molar-refractivity contribution is 5.71. The second kappa shape index (κ2) is 61.8. The Morgan fingerprint density at radius 3 is 0.853 bits per heavy atom. The van der Waals surface area contributed by atoms with Gasteiger partial charge in [-0.25, -0.2) is 0 Å². The summed E-state index contributed by atoms with van der Waals surface area (Å²) in [6, 6.07) is 0. The lowest BCUT2D eigenvalue weighted by Crippen LogP contribution is -2.30. The van der Waals surface area contributed by atoms with E-state index in [4.69, 9.17) is 14.2 Å². The van der Waals surface area contributed by atoms with Gasteiger partial charge in [-0.2, -0.15) is 0 Å². The van der Waals surface area contributed by atoms with Crippen LogP contribution in [0.1, 0.15) is 252 Å². The van der Waals surface area contributed by atoms with E-state index >= 15 is 0 Å². The van der Waals surface area contributed by atoms with E-state index in [1.54, 1.807) is 0 Å². The molecule has 0 rings (SSSR count). The molecule has 0 aromatic rings. The van der Waals surface area contributed by atoms with Gasteiger partial charge in [0.1, 0.15) is 13.2 Å². The second-order valence-corrected chi connectivity index (χ2v) is 19.5. The van der Waals surface area contributed by atoms with Gasteiger partial charge in [-0.05, 0) is 116 Å². The van der Waals surface area contributed by atoms with Crippen LogP contribution in [0.25, 0.3) is 0 Å². The summed E-state index contributed by atoms with van der Waals surface area (Å²) < 4.78 is 16.7. The Labute approximate surface area is 461 Å². The van der Waals surface area contributed by atoms with E-state index in [1.807, 2.05) is 0 Å². The van der Waals surface area contributed by atoms with Crippen molar-refractivity contribution in [2.24, 2.45) is 0 Å². The molecular weight excluding hydrogens is 925 g/mol. The van der Waals surface area contributed by atoms with Crippen molar-refractivity contribution in [3.8, 4) is 0 Å². The van der Waals surface area contributed by atoms with Gasteiger partial charge in [-0.3, -0.25) is 14.4 Å². The Kier molecular flexibility index (Phi) is 58.0. The third-order valence-electron chi connectivity index (χ3n) is 12.3. The molecule has 6 nitrogen and oxygen atoms in total. The smallest absolute Gasteiger partial charge is 0.306 e. The van der Waals surface area contributed by atoms with Crippen molar-refractivity contribution in [3.05, 3.63) is 146 Å². The summed E-state index contributed by atoms with van der Waals surface area (Å²) in [6.07, 6.45) is 88.8. The van der Waals surface area contributed by atoms with Crippen molar-refractivity contribution in [3.63, 3.8) is 0 Å². The fourth-order valence-corrected chi connectivity index (χ4v) is 7.87. The van der Waals surface area contributed by atoms with Gasteiger partial charge in [-0.1, -0.05) is 263 Å². The molecule has 1 atom stereocenters. The van der Waals surface area contributed by atoms with Gasteiger partial charge in [0.05, 0.1) is 0 Å². The molecule has 0 saturated heterocycles. The molecule has 0 saturated carbocycles. The lowest BCUT2D eigenvalue weighted by Gasteiger charge is -2.18. The fraction of sp³-hybridized carbons (Fsp3) is 0.609. The summed E-state index contributed by atoms with van der Waals surface area (Å²) in [6.45, 7) is 6.31. The average Bonchev–Trinajstić information content (AvgIpc) is 3.41. The van der Waals surface area contributed by atoms with E-state index in [1.165, 1.54) is 83.5 Å². The summed E-state index contributed by atoms with van der Waals surface area (Å²) in [5.74, 6) is -0.978. The molecular formula is C69H110O6. The summed E-state index contributed by atoms with van der Waals surface area (Å²) in [5, 5.41) is 0. The minimum atomic E-state index is -0.811.